The number of nitrogens with zero attached hydrogens (tertiary/aromatic N) is 3. The van der Waals surface area contributed by atoms with Crippen molar-refractivity contribution in [1.29, 1.82) is 0 Å². The summed E-state index contributed by atoms with van der Waals surface area (Å²) in [6.45, 7) is -0.129. The molecule has 1 aromatic rings. The van der Waals surface area contributed by atoms with E-state index in [4.69, 9.17) is 0 Å². The second kappa shape index (κ2) is 3.64. The Morgan fingerprint density at radius 3 is 2.87 bits per heavy atom. The van der Waals surface area contributed by atoms with Crippen molar-refractivity contribution in [3.63, 3.8) is 0 Å². The molecular weight excluding hydrogens is 201 g/mol. The van der Waals surface area contributed by atoms with Gasteiger partial charge in [-0.3, -0.25) is 9.78 Å². The van der Waals surface area contributed by atoms with Gasteiger partial charge >= 0.3 is 6.03 Å². The number of urea groups is 1. The number of imide groups is 1. The highest BCUT2D eigenvalue weighted by Gasteiger charge is 2.29. The van der Waals surface area contributed by atoms with Gasteiger partial charge in [-0.2, -0.15) is 5.32 Å². The number of halogens is 1. The van der Waals surface area contributed by atoms with Crippen LogP contribution in [0.2, 0.25) is 0 Å². The fourth-order valence-corrected chi connectivity index (χ4v) is 1.28. The predicted octanol–water partition coefficient (Wildman–Crippen LogP) is 0.287. The van der Waals surface area contributed by atoms with E-state index in [1.165, 1.54) is 18.3 Å². The molecule has 1 aliphatic heterocycles. The van der Waals surface area contributed by atoms with Crippen LogP contribution < -0.4 is 5.32 Å². The molecule has 2 rings (SSSR count). The largest absolute Gasteiger partial charge is 0.347 e. The van der Waals surface area contributed by atoms with Crippen LogP contribution in [-0.2, 0) is 11.3 Å². The number of amides is 3. The number of hydrogen-bond donors (Lipinski definition) is 0. The molecule has 5 nitrogen and oxygen atoms in total. The van der Waals surface area contributed by atoms with Crippen molar-refractivity contribution in [2.75, 3.05) is 6.54 Å². The van der Waals surface area contributed by atoms with Crippen LogP contribution in [0.25, 0.3) is 0 Å². The minimum Gasteiger partial charge on any atom is -0.307 e. The summed E-state index contributed by atoms with van der Waals surface area (Å²) in [5.41, 5.74) is 0.135. The van der Waals surface area contributed by atoms with Gasteiger partial charge in [0.2, 0.25) is 0 Å². The molecule has 1 aliphatic rings. The molecule has 1 fully saturated rings. The third kappa shape index (κ3) is 1.93. The highest BCUT2D eigenvalue weighted by Crippen LogP contribution is 2.09. The van der Waals surface area contributed by atoms with Crippen LogP contribution in [0.5, 0.6) is 0 Å². The van der Waals surface area contributed by atoms with Gasteiger partial charge in [0.1, 0.15) is 12.4 Å². The molecule has 0 aromatic carbocycles. The number of carbonyl (C=O) groups excluding carboxylic acids is 2. The molecule has 1 saturated heterocycles. The molecule has 77 valence electrons. The number of pyridine rings is 1. The second-order valence-corrected chi connectivity index (χ2v) is 3.08. The Bertz CT molecular complexity index is 422. The van der Waals surface area contributed by atoms with Crippen molar-refractivity contribution >= 4 is 11.9 Å². The monoisotopic (exact) mass is 208 g/mol. The number of carbonyl (C=O) groups is 2. The first kappa shape index (κ1) is 9.57. The van der Waals surface area contributed by atoms with E-state index in [9.17, 15) is 14.0 Å². The summed E-state index contributed by atoms with van der Waals surface area (Å²) < 4.78 is 13.2. The van der Waals surface area contributed by atoms with E-state index in [1.807, 2.05) is 0 Å². The zero-order chi connectivity index (χ0) is 10.8. The summed E-state index contributed by atoms with van der Waals surface area (Å²) in [5, 5.41) is 3.19. The van der Waals surface area contributed by atoms with Gasteiger partial charge in [-0.1, -0.05) is 0 Å². The lowest BCUT2D eigenvalue weighted by atomic mass is 10.3. The fraction of sp³-hybridized carbons (Fsp3) is 0.222. The lowest BCUT2D eigenvalue weighted by molar-refractivity contribution is -0.118. The quantitative estimate of drug-likeness (QED) is 0.656. The van der Waals surface area contributed by atoms with E-state index in [0.29, 0.717) is 0 Å². The third-order valence-corrected chi connectivity index (χ3v) is 1.99. The summed E-state index contributed by atoms with van der Waals surface area (Å²) in [6.07, 6.45) is 1.43. The molecule has 3 amide bonds. The van der Waals surface area contributed by atoms with Gasteiger partial charge < -0.3 is 4.90 Å². The Balaban J connectivity index is 2.13. The van der Waals surface area contributed by atoms with E-state index in [1.54, 1.807) is 0 Å². The molecule has 0 aliphatic carbocycles. The van der Waals surface area contributed by atoms with Crippen molar-refractivity contribution in [3.8, 4) is 0 Å². The van der Waals surface area contributed by atoms with Crippen LogP contribution in [0, 0.1) is 5.82 Å². The molecular formula is C9H7FN3O2. The maximum atomic E-state index is 13.2. The molecule has 0 bridgehead atoms. The molecule has 15 heavy (non-hydrogen) atoms. The minimum absolute atomic E-state index is 0.0270. The van der Waals surface area contributed by atoms with Crippen LogP contribution in [-0.4, -0.2) is 28.4 Å². The second-order valence-electron chi connectivity index (χ2n) is 3.08. The van der Waals surface area contributed by atoms with Gasteiger partial charge in [0.25, 0.3) is 5.91 Å². The van der Waals surface area contributed by atoms with Gasteiger partial charge in [0.15, 0.2) is 0 Å². The normalized spacial score (nSPS) is 15.7. The first-order valence-electron chi connectivity index (χ1n) is 4.29. The first-order chi connectivity index (χ1) is 7.16. The third-order valence-electron chi connectivity index (χ3n) is 1.99. The molecule has 1 aromatic heterocycles. The average molecular weight is 208 g/mol. The Morgan fingerprint density at radius 1 is 1.47 bits per heavy atom. The molecule has 0 spiro atoms. The van der Waals surface area contributed by atoms with Crippen LogP contribution in [0.3, 0.4) is 0 Å². The number of aromatic nitrogens is 1. The lowest BCUT2D eigenvalue weighted by Crippen LogP contribution is -2.26. The van der Waals surface area contributed by atoms with Gasteiger partial charge in [0, 0.05) is 6.20 Å². The molecule has 0 N–H and O–H groups in total. The standard InChI is InChI=1S/C9H7FN3O2/c10-6-2-1-3-11-7(6)4-13-5-8(14)12-9(13)15/h1-3H,4-5H2. The summed E-state index contributed by atoms with van der Waals surface area (Å²) in [5.74, 6) is -0.999. The van der Waals surface area contributed by atoms with Crippen LogP contribution in [0.15, 0.2) is 18.3 Å². The van der Waals surface area contributed by atoms with Crippen LogP contribution >= 0.6 is 0 Å². The summed E-state index contributed by atoms with van der Waals surface area (Å²) in [7, 11) is 0. The van der Waals surface area contributed by atoms with Crippen LogP contribution in [0.4, 0.5) is 9.18 Å². The van der Waals surface area contributed by atoms with Crippen LogP contribution in [0.1, 0.15) is 5.69 Å². The highest BCUT2D eigenvalue weighted by atomic mass is 19.1. The minimum atomic E-state index is -0.634. The Kier molecular flexibility index (Phi) is 2.32. The molecule has 0 saturated carbocycles. The fourth-order valence-electron chi connectivity index (χ4n) is 1.28. The van der Waals surface area contributed by atoms with Gasteiger partial charge in [0.05, 0.1) is 12.2 Å². The Morgan fingerprint density at radius 2 is 2.27 bits per heavy atom. The van der Waals surface area contributed by atoms with E-state index >= 15 is 0 Å². The summed E-state index contributed by atoms with van der Waals surface area (Å²) in [6, 6.07) is 2.08. The van der Waals surface area contributed by atoms with Crippen molar-refractivity contribution in [1.82, 2.24) is 15.2 Å². The Hall–Kier alpha value is -1.98. The maximum absolute atomic E-state index is 13.2. The first-order valence-corrected chi connectivity index (χ1v) is 4.29. The summed E-state index contributed by atoms with van der Waals surface area (Å²) in [4.78, 5) is 26.8. The van der Waals surface area contributed by atoms with E-state index in [-0.39, 0.29) is 18.8 Å². The highest BCUT2D eigenvalue weighted by molar-refractivity contribution is 6.01. The SMILES string of the molecule is O=C1CN(Cc2ncccc2F)C(=O)[N]1. The van der Waals surface area contributed by atoms with Gasteiger partial charge in [-0.05, 0) is 12.1 Å². The van der Waals surface area contributed by atoms with Crippen molar-refractivity contribution in [3.05, 3.63) is 29.8 Å². The zero-order valence-electron chi connectivity index (χ0n) is 7.68. The van der Waals surface area contributed by atoms with Gasteiger partial charge in [-0.25, -0.2) is 9.18 Å². The number of hydrogen-bond acceptors (Lipinski definition) is 3. The molecule has 0 atom stereocenters. The predicted molar refractivity (Wildman–Crippen MR) is 47.1 cm³/mol. The lowest BCUT2D eigenvalue weighted by Gasteiger charge is -2.11. The zero-order valence-corrected chi connectivity index (χ0v) is 7.68. The van der Waals surface area contributed by atoms with Crippen molar-refractivity contribution in [2.45, 2.75) is 6.54 Å². The number of rotatable bonds is 2. The summed E-state index contributed by atoms with van der Waals surface area (Å²) >= 11 is 0. The van der Waals surface area contributed by atoms with Crippen molar-refractivity contribution < 1.29 is 14.0 Å². The smallest absolute Gasteiger partial charge is 0.307 e. The van der Waals surface area contributed by atoms with E-state index in [0.717, 1.165) is 4.90 Å². The van der Waals surface area contributed by atoms with E-state index < -0.39 is 17.8 Å². The molecule has 1 radical (unpaired) electrons. The Labute approximate surface area is 84.9 Å². The molecule has 2 heterocycles. The average Bonchev–Trinajstić information content (AvgIpc) is 2.49. The van der Waals surface area contributed by atoms with E-state index in [2.05, 4.69) is 10.3 Å². The van der Waals surface area contributed by atoms with Crippen molar-refractivity contribution in [2.24, 2.45) is 0 Å². The molecule has 0 unspecified atom stereocenters. The topological polar surface area (TPSA) is 64.4 Å². The molecule has 6 heteroatoms. The maximum Gasteiger partial charge on any atom is 0.347 e. The van der Waals surface area contributed by atoms with Gasteiger partial charge in [-0.15, -0.1) is 0 Å².